The summed E-state index contributed by atoms with van der Waals surface area (Å²) in [5.41, 5.74) is 1.14. The van der Waals surface area contributed by atoms with Crippen molar-refractivity contribution in [3.8, 4) is 39.9 Å². The van der Waals surface area contributed by atoms with Crippen molar-refractivity contribution >= 4 is 86.0 Å². The maximum Gasteiger partial charge on any atom is 0.296 e. The topological polar surface area (TPSA) is 304 Å². The lowest BCUT2D eigenvalue weighted by Gasteiger charge is -2.12. The van der Waals surface area contributed by atoms with Crippen LogP contribution in [0.15, 0.2) is 144 Å². The first-order valence-electron chi connectivity index (χ1n) is 17.5. The number of benzene rings is 7. The van der Waals surface area contributed by atoms with Gasteiger partial charge in [0, 0.05) is 22.8 Å². The number of methoxy groups -OCH3 is 2. The van der Waals surface area contributed by atoms with Crippen molar-refractivity contribution in [2.75, 3.05) is 19.5 Å². The Morgan fingerprint density at radius 2 is 1.05 bits per heavy atom. The largest absolute Gasteiger partial charge is 0.507 e. The monoisotopic (exact) mass is 901 g/mol. The molecule has 0 aliphatic carbocycles. The number of rotatable bonds is 12. The van der Waals surface area contributed by atoms with Crippen molar-refractivity contribution in [1.29, 1.82) is 0 Å². The highest BCUT2D eigenvalue weighted by molar-refractivity contribution is 7.86. The van der Waals surface area contributed by atoms with Crippen LogP contribution in [0.5, 0.6) is 28.7 Å². The molecule has 7 N–H and O–H groups in total. The predicted octanol–water partition coefficient (Wildman–Crippen LogP) is 9.11. The third-order valence-corrected chi connectivity index (χ3v) is 11.8. The van der Waals surface area contributed by atoms with E-state index >= 15 is 0 Å². The van der Waals surface area contributed by atoms with E-state index in [0.717, 1.165) is 17.8 Å². The van der Waals surface area contributed by atoms with Crippen LogP contribution in [0.25, 0.3) is 32.7 Å². The predicted molar refractivity (Wildman–Crippen MR) is 225 cm³/mol. The first-order valence-corrected chi connectivity index (χ1v) is 21.9. The van der Waals surface area contributed by atoms with E-state index in [1.54, 1.807) is 36.4 Å². The summed E-state index contributed by atoms with van der Waals surface area (Å²) in [6.07, 6.45) is 0. The van der Waals surface area contributed by atoms with Gasteiger partial charge in [-0.2, -0.15) is 25.3 Å². The molecule has 318 valence electrons. The van der Waals surface area contributed by atoms with Crippen molar-refractivity contribution < 1.29 is 63.7 Å². The van der Waals surface area contributed by atoms with E-state index in [9.17, 15) is 54.2 Å². The molecule has 19 nitrogen and oxygen atoms in total. The van der Waals surface area contributed by atoms with E-state index in [0.29, 0.717) is 22.9 Å². The van der Waals surface area contributed by atoms with E-state index in [1.807, 2.05) is 30.3 Å². The van der Waals surface area contributed by atoms with E-state index in [2.05, 4.69) is 25.8 Å². The molecule has 0 aliphatic heterocycles. The van der Waals surface area contributed by atoms with Gasteiger partial charge in [0.15, 0.2) is 11.5 Å². The molecule has 0 spiro atoms. The number of azo groups is 2. The van der Waals surface area contributed by atoms with Crippen LogP contribution in [0.1, 0.15) is 0 Å². The van der Waals surface area contributed by atoms with Gasteiger partial charge in [-0.25, -0.2) is 0 Å². The molecule has 0 bridgehead atoms. The molecule has 0 fully saturated rings. The van der Waals surface area contributed by atoms with Gasteiger partial charge in [-0.3, -0.25) is 13.7 Å². The zero-order valence-electron chi connectivity index (χ0n) is 31.9. The molecule has 0 saturated carbocycles. The molecule has 0 heterocycles. The average Bonchev–Trinajstić information content (AvgIpc) is 3.21. The lowest BCUT2D eigenvalue weighted by molar-refractivity contribution is 0.415. The standard InChI is InChI=1S/C40H31N5O14S3/c1-58-32-16-21(8-12-29(32)42-44-37-34(61(52,53)54)18-23-14-26(10-11-28(23)39(37)47)41-25-6-4-3-5-7-25)22-9-13-30(33(17-22)59-2)43-45-38-35(62(55,56)57)19-24-15-27(60(49,50)51)20-31(46)36(24)40(38)48/h3-20,41,46-48H,1-2H3,(H,49,50,51)(H,52,53,54)(H,55,56,57). The van der Waals surface area contributed by atoms with Crippen LogP contribution in [-0.4, -0.2) is 68.5 Å². The molecule has 0 aliphatic rings. The lowest BCUT2D eigenvalue weighted by atomic mass is 10.0. The van der Waals surface area contributed by atoms with E-state index < -0.39 is 79.1 Å². The fourth-order valence-electron chi connectivity index (χ4n) is 6.38. The number of aromatic hydroxyl groups is 3. The maximum atomic E-state index is 12.5. The molecule has 0 saturated heterocycles. The number of phenolic OH excluding ortho intramolecular Hbond substituents is 3. The molecule has 0 amide bonds. The second-order valence-corrected chi connectivity index (χ2v) is 17.4. The number of para-hydroxylation sites is 1. The van der Waals surface area contributed by atoms with E-state index in [4.69, 9.17) is 9.47 Å². The molecule has 0 radical (unpaired) electrons. The molecule has 0 unspecified atom stereocenters. The van der Waals surface area contributed by atoms with Gasteiger partial charge in [0.25, 0.3) is 30.4 Å². The number of nitrogens with one attached hydrogen (secondary N) is 1. The van der Waals surface area contributed by atoms with Gasteiger partial charge in [-0.15, -0.1) is 20.5 Å². The Kier molecular flexibility index (Phi) is 11.3. The Labute approximate surface area is 352 Å². The van der Waals surface area contributed by atoms with Crippen LogP contribution in [0.3, 0.4) is 0 Å². The number of fused-ring (bicyclic) bond motifs is 2. The van der Waals surface area contributed by atoms with Crippen molar-refractivity contribution in [2.24, 2.45) is 20.5 Å². The van der Waals surface area contributed by atoms with Gasteiger partial charge in [-0.05, 0) is 94.7 Å². The van der Waals surface area contributed by atoms with Crippen LogP contribution in [0.4, 0.5) is 34.1 Å². The smallest absolute Gasteiger partial charge is 0.296 e. The van der Waals surface area contributed by atoms with E-state index in [-0.39, 0.29) is 39.0 Å². The summed E-state index contributed by atoms with van der Waals surface area (Å²) in [5.74, 6) is -2.18. The summed E-state index contributed by atoms with van der Waals surface area (Å²) >= 11 is 0. The average molecular weight is 902 g/mol. The Morgan fingerprint density at radius 1 is 0.516 bits per heavy atom. The summed E-state index contributed by atoms with van der Waals surface area (Å²) < 4.78 is 114. The Bertz CT molecular complexity index is 3370. The summed E-state index contributed by atoms with van der Waals surface area (Å²) in [6.45, 7) is 0. The minimum absolute atomic E-state index is 0.00567. The van der Waals surface area contributed by atoms with Crippen molar-refractivity contribution in [1.82, 2.24) is 0 Å². The number of nitrogens with zero attached hydrogens (tertiary/aromatic N) is 4. The fourth-order valence-corrected chi connectivity index (χ4v) is 8.23. The number of anilines is 2. The first kappa shape index (κ1) is 42.9. The normalized spacial score (nSPS) is 12.4. The first-order chi connectivity index (χ1) is 29.3. The number of ether oxygens (including phenoxy) is 2. The minimum atomic E-state index is -5.15. The third-order valence-electron chi connectivity index (χ3n) is 9.28. The summed E-state index contributed by atoms with van der Waals surface area (Å²) in [7, 11) is -12.3. The van der Waals surface area contributed by atoms with Gasteiger partial charge in [0.2, 0.25) is 0 Å². The van der Waals surface area contributed by atoms with Gasteiger partial charge in [0.1, 0.15) is 49.8 Å². The van der Waals surface area contributed by atoms with Crippen molar-refractivity contribution in [3.63, 3.8) is 0 Å². The van der Waals surface area contributed by atoms with Crippen molar-refractivity contribution in [2.45, 2.75) is 14.7 Å². The van der Waals surface area contributed by atoms with Crippen LogP contribution < -0.4 is 14.8 Å². The lowest BCUT2D eigenvalue weighted by Crippen LogP contribution is -2.01. The molecule has 7 rings (SSSR count). The zero-order chi connectivity index (χ0) is 44.7. The molecular formula is C40H31N5O14S3. The fraction of sp³-hybridized carbons (Fsp3) is 0.0500. The minimum Gasteiger partial charge on any atom is -0.507 e. The number of phenols is 3. The quantitative estimate of drug-likeness (QED) is 0.0444. The molecule has 22 heteroatoms. The molecule has 7 aromatic rings. The Balaban J connectivity index is 1.21. The number of hydrogen-bond donors (Lipinski definition) is 7. The van der Waals surface area contributed by atoms with Crippen LogP contribution in [0.2, 0.25) is 0 Å². The maximum absolute atomic E-state index is 12.5. The van der Waals surface area contributed by atoms with Crippen LogP contribution >= 0.6 is 0 Å². The highest BCUT2D eigenvalue weighted by atomic mass is 32.2. The number of hydrogen-bond acceptors (Lipinski definition) is 16. The molecular weight excluding hydrogens is 871 g/mol. The zero-order valence-corrected chi connectivity index (χ0v) is 34.3. The van der Waals surface area contributed by atoms with Gasteiger partial charge in [-0.1, -0.05) is 30.3 Å². The summed E-state index contributed by atoms with van der Waals surface area (Å²) in [5, 5.41) is 51.5. The highest BCUT2D eigenvalue weighted by Gasteiger charge is 2.26. The molecule has 0 atom stereocenters. The second kappa shape index (κ2) is 16.3. The third kappa shape index (κ3) is 8.67. The van der Waals surface area contributed by atoms with Gasteiger partial charge in [0.05, 0.1) is 24.5 Å². The molecule has 0 aromatic heterocycles. The highest BCUT2D eigenvalue weighted by Crippen LogP contribution is 2.47. The molecule has 62 heavy (non-hydrogen) atoms. The summed E-state index contributed by atoms with van der Waals surface area (Å²) in [6, 6.07) is 26.4. The van der Waals surface area contributed by atoms with E-state index in [1.165, 1.54) is 38.5 Å². The van der Waals surface area contributed by atoms with Crippen LogP contribution in [0, 0.1) is 0 Å². The summed E-state index contributed by atoms with van der Waals surface area (Å²) in [4.78, 5) is -2.52. The molecule has 7 aromatic carbocycles. The van der Waals surface area contributed by atoms with Crippen molar-refractivity contribution in [3.05, 3.63) is 109 Å². The van der Waals surface area contributed by atoms with Gasteiger partial charge < -0.3 is 30.1 Å². The second-order valence-electron chi connectivity index (χ2n) is 13.2. The SMILES string of the molecule is COc1cc(-c2ccc(N=Nc3c(S(=O)(=O)O)cc4cc(S(=O)(=O)O)cc(O)c4c3O)c(OC)c2)ccc1N=Nc1c(S(=O)(=O)O)cc2cc(Nc3ccccc3)ccc2c1O. The van der Waals surface area contributed by atoms with Crippen LogP contribution in [-0.2, 0) is 30.4 Å². The van der Waals surface area contributed by atoms with Gasteiger partial charge >= 0.3 is 0 Å². The Morgan fingerprint density at radius 3 is 1.56 bits per heavy atom. The Hall–Kier alpha value is -7.21.